The van der Waals surface area contributed by atoms with Crippen molar-refractivity contribution < 1.29 is 44.6 Å². The number of hydrogen-bond donors (Lipinski definition) is 5. The molecule has 2 heterocycles. The van der Waals surface area contributed by atoms with E-state index < -0.39 is 43.4 Å². The van der Waals surface area contributed by atoms with Gasteiger partial charge in [-0.15, -0.1) is 0 Å². The van der Waals surface area contributed by atoms with Crippen molar-refractivity contribution in [2.24, 2.45) is 5.92 Å². The molecule has 0 radical (unpaired) electrons. The molecule has 0 bridgehead atoms. The highest BCUT2D eigenvalue weighted by Gasteiger charge is 2.44. The topological polar surface area (TPSA) is 157 Å². The van der Waals surface area contributed by atoms with Gasteiger partial charge in [0.1, 0.15) is 35.7 Å². The van der Waals surface area contributed by atoms with Crippen molar-refractivity contribution in [1.29, 1.82) is 0 Å². The molecule has 0 spiro atoms. The third-order valence-electron chi connectivity index (χ3n) is 8.13. The van der Waals surface area contributed by atoms with Crippen LogP contribution in [-0.2, 0) is 19.1 Å². The number of carbonyl (C=O) groups is 2. The van der Waals surface area contributed by atoms with E-state index in [0.29, 0.717) is 6.61 Å². The van der Waals surface area contributed by atoms with Gasteiger partial charge in [0.25, 0.3) is 5.91 Å². The summed E-state index contributed by atoms with van der Waals surface area (Å²) in [6.45, 7) is 3.48. The zero-order valence-electron chi connectivity index (χ0n) is 24.0. The molecule has 39 heavy (non-hydrogen) atoms. The number of nitrogens with zero attached hydrogens (tertiary/aromatic N) is 1. The second kappa shape index (κ2) is 17.3. The van der Waals surface area contributed by atoms with Gasteiger partial charge < -0.3 is 39.9 Å². The van der Waals surface area contributed by atoms with Gasteiger partial charge in [-0.1, -0.05) is 77.6 Å². The van der Waals surface area contributed by atoms with E-state index in [-0.39, 0.29) is 28.9 Å². The fraction of sp³-hybridized carbons (Fsp3) is 0.862. The first-order valence-electron chi connectivity index (χ1n) is 14.8. The zero-order valence-corrected chi connectivity index (χ0v) is 24.0. The summed E-state index contributed by atoms with van der Waals surface area (Å²) < 4.78 is 10.8. The molecule has 10 heteroatoms. The molecule has 2 rings (SSSR count). The number of aliphatic hydroxyl groups is 5. The number of likely N-dealkylation sites (N-methyl/N-ethyl adjacent to an activating group) is 1. The molecule has 2 saturated heterocycles. The Morgan fingerprint density at radius 3 is 1.87 bits per heavy atom. The number of unbranched alkanes of at least 4 members (excludes halogenated alkanes) is 11. The number of amides is 1. The van der Waals surface area contributed by atoms with E-state index in [0.717, 1.165) is 51.4 Å². The molecule has 2 fully saturated rings. The van der Waals surface area contributed by atoms with E-state index in [9.17, 15) is 35.1 Å². The van der Waals surface area contributed by atoms with Gasteiger partial charge in [-0.25, -0.2) is 0 Å². The molecular formula is C29H51NO9. The van der Waals surface area contributed by atoms with Crippen LogP contribution in [0.25, 0.3) is 0 Å². The summed E-state index contributed by atoms with van der Waals surface area (Å²) in [4.78, 5) is 25.9. The summed E-state index contributed by atoms with van der Waals surface area (Å²) in [5.41, 5.74) is -0.0288. The van der Waals surface area contributed by atoms with Crippen molar-refractivity contribution in [3.63, 3.8) is 0 Å². The number of likely N-dealkylation sites (tertiary alicyclic amines) is 1. The van der Waals surface area contributed by atoms with Gasteiger partial charge in [0.2, 0.25) is 0 Å². The molecule has 0 aliphatic carbocycles. The highest BCUT2D eigenvalue weighted by Crippen LogP contribution is 2.27. The Labute approximate surface area is 233 Å². The second-order valence-corrected chi connectivity index (χ2v) is 11.2. The van der Waals surface area contributed by atoms with Crippen molar-refractivity contribution in [3.05, 3.63) is 11.3 Å². The Balaban J connectivity index is 1.41. The van der Waals surface area contributed by atoms with Crippen molar-refractivity contribution in [3.8, 4) is 0 Å². The molecule has 0 saturated carbocycles. The number of carbonyl (C=O) groups excluding carboxylic acids is 2. The van der Waals surface area contributed by atoms with Crippen molar-refractivity contribution in [2.75, 3.05) is 20.3 Å². The van der Waals surface area contributed by atoms with Crippen LogP contribution >= 0.6 is 0 Å². The number of ketones is 1. The lowest BCUT2D eigenvalue weighted by Gasteiger charge is -2.39. The minimum Gasteiger partial charge on any atom is -0.511 e. The smallest absolute Gasteiger partial charge is 0.261 e. The summed E-state index contributed by atoms with van der Waals surface area (Å²) in [5.74, 6) is -0.904. The van der Waals surface area contributed by atoms with Gasteiger partial charge in [0.15, 0.2) is 12.1 Å². The minimum atomic E-state index is -1.41. The Morgan fingerprint density at radius 2 is 1.38 bits per heavy atom. The Kier molecular flexibility index (Phi) is 14.9. The highest BCUT2D eigenvalue weighted by molar-refractivity contribution is 6.26. The summed E-state index contributed by atoms with van der Waals surface area (Å²) in [6.07, 6.45) is 7.97. The normalized spacial score (nSPS) is 29.8. The van der Waals surface area contributed by atoms with Crippen molar-refractivity contribution in [2.45, 2.75) is 134 Å². The van der Waals surface area contributed by atoms with E-state index in [1.807, 2.05) is 6.92 Å². The fourth-order valence-electron chi connectivity index (χ4n) is 5.19. The third kappa shape index (κ3) is 9.79. The zero-order chi connectivity index (χ0) is 28.9. The monoisotopic (exact) mass is 557 g/mol. The van der Waals surface area contributed by atoms with E-state index in [1.54, 1.807) is 14.0 Å². The maximum absolute atomic E-state index is 12.3. The molecule has 0 aromatic carbocycles. The van der Waals surface area contributed by atoms with Gasteiger partial charge in [-0.2, -0.15) is 0 Å². The summed E-state index contributed by atoms with van der Waals surface area (Å²) in [7, 11) is 1.59. The number of Topliss-reactive ketones (excluding diaryl/α,β-unsaturated/α-hetero) is 1. The third-order valence-corrected chi connectivity index (χ3v) is 8.13. The molecule has 2 unspecified atom stereocenters. The predicted octanol–water partition coefficient (Wildman–Crippen LogP) is 2.75. The highest BCUT2D eigenvalue weighted by atomic mass is 16.7. The Hall–Kier alpha value is -1.56. The minimum absolute atomic E-state index is 0.0288. The molecule has 7 atom stereocenters. The molecule has 5 N–H and O–H groups in total. The average molecular weight is 558 g/mol. The number of ether oxygens (including phenoxy) is 2. The van der Waals surface area contributed by atoms with E-state index in [4.69, 9.17) is 9.47 Å². The van der Waals surface area contributed by atoms with Crippen LogP contribution in [0.4, 0.5) is 0 Å². The average Bonchev–Trinajstić information content (AvgIpc) is 3.12. The number of allylic oxidation sites excluding steroid dienone is 1. The summed E-state index contributed by atoms with van der Waals surface area (Å²) in [6, 6.07) is -0.505. The van der Waals surface area contributed by atoms with Gasteiger partial charge in [-0.05, 0) is 19.8 Å². The van der Waals surface area contributed by atoms with Gasteiger partial charge >= 0.3 is 0 Å². The number of aliphatic hydroxyl groups excluding tert-OH is 5. The van der Waals surface area contributed by atoms with Crippen LogP contribution in [0.15, 0.2) is 11.3 Å². The maximum Gasteiger partial charge on any atom is 0.261 e. The first-order chi connectivity index (χ1) is 18.6. The van der Waals surface area contributed by atoms with Crippen LogP contribution in [0.2, 0.25) is 0 Å². The first-order valence-corrected chi connectivity index (χ1v) is 14.8. The van der Waals surface area contributed by atoms with Crippen LogP contribution in [0, 0.1) is 5.92 Å². The lowest BCUT2D eigenvalue weighted by atomic mass is 9.95. The first kappa shape index (κ1) is 33.6. The van der Waals surface area contributed by atoms with E-state index >= 15 is 0 Å². The standard InChI is InChI=1S/C29H51NO9/c1-19(23(32)22-24(33)20(2)30(3)28(22)37)16-14-12-10-8-6-4-5-7-9-11-13-15-17-38-29-27(36)26(35)25(34)21(18-31)39-29/h19-21,25-27,29,31-32,34-36H,4-18H2,1-3H3/b23-22+/t19?,20?,21-,25-,26+,27+,29-/m1/s1. The molecule has 0 aromatic heterocycles. The molecule has 226 valence electrons. The van der Waals surface area contributed by atoms with Crippen LogP contribution in [0.5, 0.6) is 0 Å². The summed E-state index contributed by atoms with van der Waals surface area (Å²) in [5, 5.41) is 49.2. The fourth-order valence-corrected chi connectivity index (χ4v) is 5.19. The van der Waals surface area contributed by atoms with Gasteiger partial charge in [0, 0.05) is 19.6 Å². The Bertz CT molecular complexity index is 765. The van der Waals surface area contributed by atoms with Crippen LogP contribution in [-0.4, -0.2) is 99.1 Å². The van der Waals surface area contributed by atoms with Crippen molar-refractivity contribution >= 4 is 11.7 Å². The Morgan fingerprint density at radius 1 is 0.872 bits per heavy atom. The van der Waals surface area contributed by atoms with E-state index in [1.165, 1.54) is 37.0 Å². The van der Waals surface area contributed by atoms with E-state index in [2.05, 4.69) is 0 Å². The quantitative estimate of drug-likeness (QED) is 0.0740. The predicted molar refractivity (Wildman–Crippen MR) is 146 cm³/mol. The maximum atomic E-state index is 12.3. The van der Waals surface area contributed by atoms with Crippen LogP contribution in [0.1, 0.15) is 97.3 Å². The molecule has 10 nitrogen and oxygen atoms in total. The second-order valence-electron chi connectivity index (χ2n) is 11.2. The molecule has 2 aliphatic heterocycles. The van der Waals surface area contributed by atoms with Crippen LogP contribution < -0.4 is 0 Å². The SMILES string of the molecule is CC(CCCCCCCCCCCCCCO[C@@H]1O[C@H](CO)[C@@H](O)[C@H](O)[C@@H]1O)/C(O)=C1/C(=O)C(C)N(C)C1=O. The summed E-state index contributed by atoms with van der Waals surface area (Å²) >= 11 is 0. The van der Waals surface area contributed by atoms with Crippen LogP contribution in [0.3, 0.4) is 0 Å². The lowest BCUT2D eigenvalue weighted by Crippen LogP contribution is -2.59. The number of rotatable bonds is 18. The lowest BCUT2D eigenvalue weighted by molar-refractivity contribution is -0.301. The molecular weight excluding hydrogens is 506 g/mol. The molecule has 2 aliphatic rings. The largest absolute Gasteiger partial charge is 0.511 e. The molecule has 1 amide bonds. The van der Waals surface area contributed by atoms with Gasteiger partial charge in [-0.3, -0.25) is 9.59 Å². The number of hydrogen-bond acceptors (Lipinski definition) is 9. The molecule has 0 aromatic rings. The van der Waals surface area contributed by atoms with Crippen molar-refractivity contribution in [1.82, 2.24) is 4.90 Å². The van der Waals surface area contributed by atoms with Gasteiger partial charge in [0.05, 0.1) is 12.6 Å².